The van der Waals surface area contributed by atoms with Crippen molar-refractivity contribution in [1.29, 1.82) is 0 Å². The van der Waals surface area contributed by atoms with E-state index in [2.05, 4.69) is 28.8 Å². The summed E-state index contributed by atoms with van der Waals surface area (Å²) in [5, 5.41) is 6.52. The molecule has 2 aliphatic rings. The van der Waals surface area contributed by atoms with Gasteiger partial charge in [-0.2, -0.15) is 0 Å². The lowest BCUT2D eigenvalue weighted by Gasteiger charge is -2.22. The zero-order valence-corrected chi connectivity index (χ0v) is 11.3. The Labute approximate surface area is 112 Å². The fourth-order valence-corrected chi connectivity index (χ4v) is 3.53. The van der Waals surface area contributed by atoms with Gasteiger partial charge in [-0.05, 0) is 50.4 Å². The van der Waals surface area contributed by atoms with Gasteiger partial charge in [0.15, 0.2) is 0 Å². The molecule has 96 valence electrons. The molecule has 1 saturated heterocycles. The molecule has 0 spiro atoms. The summed E-state index contributed by atoms with van der Waals surface area (Å²) in [6, 6.07) is 7.07. The van der Waals surface area contributed by atoms with Gasteiger partial charge in [0.1, 0.15) is 0 Å². The minimum atomic E-state index is 0.0137. The van der Waals surface area contributed by atoms with E-state index in [1.165, 1.54) is 23.3 Å². The summed E-state index contributed by atoms with van der Waals surface area (Å²) >= 11 is 1.64. The normalized spacial score (nSPS) is 26.8. The average Bonchev–Trinajstić information content (AvgIpc) is 2.84. The highest BCUT2D eigenvalue weighted by Gasteiger charge is 2.23. The lowest BCUT2D eigenvalue weighted by Crippen LogP contribution is -2.27. The summed E-state index contributed by atoms with van der Waals surface area (Å²) in [7, 11) is 0. The van der Waals surface area contributed by atoms with Crippen molar-refractivity contribution in [3.63, 3.8) is 0 Å². The fourth-order valence-electron chi connectivity index (χ4n) is 2.60. The molecule has 0 saturated carbocycles. The number of fused-ring (bicyclic) bond motifs is 1. The van der Waals surface area contributed by atoms with Crippen molar-refractivity contribution in [2.24, 2.45) is 0 Å². The number of thioether (sulfide) groups is 1. The molecule has 1 fully saturated rings. The minimum absolute atomic E-state index is 0.0137. The molecule has 4 heteroatoms. The number of benzene rings is 1. The Hall–Kier alpha value is -1.00. The highest BCUT2D eigenvalue weighted by atomic mass is 32.2. The number of anilines is 1. The average molecular weight is 262 g/mol. The Morgan fingerprint density at radius 3 is 3.11 bits per heavy atom. The van der Waals surface area contributed by atoms with Crippen molar-refractivity contribution >= 4 is 23.4 Å². The molecule has 2 aliphatic heterocycles. The monoisotopic (exact) mass is 262 g/mol. The predicted octanol–water partition coefficient (Wildman–Crippen LogP) is 2.41. The highest BCUT2D eigenvalue weighted by Crippen LogP contribution is 2.36. The molecule has 18 heavy (non-hydrogen) atoms. The molecule has 2 unspecified atom stereocenters. The molecule has 2 atom stereocenters. The maximum atomic E-state index is 11.7. The van der Waals surface area contributed by atoms with Gasteiger partial charge < -0.3 is 10.6 Å². The third kappa shape index (κ3) is 2.40. The molecule has 0 aliphatic carbocycles. The van der Waals surface area contributed by atoms with E-state index in [1.54, 1.807) is 11.8 Å². The van der Waals surface area contributed by atoms with Crippen molar-refractivity contribution in [3.8, 4) is 0 Å². The largest absolute Gasteiger partial charge is 0.324 e. The van der Waals surface area contributed by atoms with Gasteiger partial charge in [-0.1, -0.05) is 6.07 Å². The number of carbonyl (C=O) groups excluding carboxylic acids is 1. The van der Waals surface area contributed by atoms with E-state index in [1.807, 2.05) is 6.92 Å². The Morgan fingerprint density at radius 1 is 1.44 bits per heavy atom. The third-order valence-electron chi connectivity index (χ3n) is 3.62. The maximum absolute atomic E-state index is 11.7. The van der Waals surface area contributed by atoms with Crippen LogP contribution < -0.4 is 10.6 Å². The topological polar surface area (TPSA) is 41.1 Å². The van der Waals surface area contributed by atoms with Crippen LogP contribution in [0.5, 0.6) is 0 Å². The molecule has 1 aromatic carbocycles. The molecule has 0 aromatic heterocycles. The van der Waals surface area contributed by atoms with Gasteiger partial charge in [-0.25, -0.2) is 0 Å². The van der Waals surface area contributed by atoms with Crippen LogP contribution in [0.15, 0.2) is 23.1 Å². The van der Waals surface area contributed by atoms with E-state index in [0.29, 0.717) is 6.04 Å². The summed E-state index contributed by atoms with van der Waals surface area (Å²) < 4.78 is 0. The van der Waals surface area contributed by atoms with Gasteiger partial charge in [-0.3, -0.25) is 4.79 Å². The molecule has 2 N–H and O–H groups in total. The Balaban J connectivity index is 1.78. The van der Waals surface area contributed by atoms with Crippen molar-refractivity contribution < 1.29 is 4.79 Å². The standard InChI is InChI=1S/C14H18N2OS/c1-9-14(17)16-12-8-10(4-5-13(12)18-9)7-11-3-2-6-15-11/h4-5,8-9,11,15H,2-3,6-7H2,1H3,(H,16,17). The van der Waals surface area contributed by atoms with E-state index in [0.717, 1.165) is 18.7 Å². The van der Waals surface area contributed by atoms with Crippen LogP contribution in [0.25, 0.3) is 0 Å². The summed E-state index contributed by atoms with van der Waals surface area (Å²) in [6.07, 6.45) is 3.60. The van der Waals surface area contributed by atoms with E-state index < -0.39 is 0 Å². The van der Waals surface area contributed by atoms with E-state index in [4.69, 9.17) is 0 Å². The molecule has 0 radical (unpaired) electrons. The first-order chi connectivity index (χ1) is 8.72. The maximum Gasteiger partial charge on any atom is 0.237 e. The smallest absolute Gasteiger partial charge is 0.237 e. The lowest BCUT2D eigenvalue weighted by atomic mass is 10.0. The number of rotatable bonds is 2. The van der Waals surface area contributed by atoms with Gasteiger partial charge in [-0.15, -0.1) is 11.8 Å². The minimum Gasteiger partial charge on any atom is -0.324 e. The number of hydrogen-bond acceptors (Lipinski definition) is 3. The van der Waals surface area contributed by atoms with Crippen LogP contribution in [-0.4, -0.2) is 23.7 Å². The van der Waals surface area contributed by atoms with Crippen molar-refractivity contribution in [1.82, 2.24) is 5.32 Å². The summed E-state index contributed by atoms with van der Waals surface area (Å²) in [5.74, 6) is 0.114. The first-order valence-electron chi connectivity index (χ1n) is 6.56. The van der Waals surface area contributed by atoms with Crippen LogP contribution in [0.2, 0.25) is 0 Å². The van der Waals surface area contributed by atoms with Crippen LogP contribution in [0.3, 0.4) is 0 Å². The highest BCUT2D eigenvalue weighted by molar-refractivity contribution is 8.00. The number of nitrogens with one attached hydrogen (secondary N) is 2. The number of carbonyl (C=O) groups is 1. The van der Waals surface area contributed by atoms with E-state index in [-0.39, 0.29) is 11.2 Å². The molecule has 0 bridgehead atoms. The van der Waals surface area contributed by atoms with Gasteiger partial charge in [0.05, 0.1) is 10.9 Å². The van der Waals surface area contributed by atoms with Gasteiger partial charge in [0.25, 0.3) is 0 Å². The van der Waals surface area contributed by atoms with Crippen LogP contribution in [0.1, 0.15) is 25.3 Å². The summed E-state index contributed by atoms with van der Waals surface area (Å²) in [5.41, 5.74) is 2.29. The Kier molecular flexibility index (Phi) is 3.31. The first kappa shape index (κ1) is 12.1. The zero-order chi connectivity index (χ0) is 12.5. The first-order valence-corrected chi connectivity index (χ1v) is 7.44. The summed E-state index contributed by atoms with van der Waals surface area (Å²) in [4.78, 5) is 12.9. The second-order valence-electron chi connectivity index (χ2n) is 5.08. The van der Waals surface area contributed by atoms with Crippen LogP contribution in [0, 0.1) is 0 Å². The van der Waals surface area contributed by atoms with Gasteiger partial charge in [0.2, 0.25) is 5.91 Å². The molecule has 1 amide bonds. The van der Waals surface area contributed by atoms with Crippen LogP contribution in [-0.2, 0) is 11.2 Å². The second kappa shape index (κ2) is 4.94. The van der Waals surface area contributed by atoms with Crippen molar-refractivity contribution in [2.75, 3.05) is 11.9 Å². The number of amides is 1. The Bertz CT molecular complexity index is 469. The van der Waals surface area contributed by atoms with Crippen molar-refractivity contribution in [3.05, 3.63) is 23.8 Å². The molecule has 3 rings (SSSR count). The Morgan fingerprint density at radius 2 is 2.33 bits per heavy atom. The lowest BCUT2D eigenvalue weighted by molar-refractivity contribution is -0.115. The molecular formula is C14H18N2OS. The van der Waals surface area contributed by atoms with Gasteiger partial charge in [0, 0.05) is 10.9 Å². The SMILES string of the molecule is CC1Sc2ccc(CC3CCCN3)cc2NC1=O. The van der Waals surface area contributed by atoms with E-state index >= 15 is 0 Å². The van der Waals surface area contributed by atoms with Crippen LogP contribution in [0.4, 0.5) is 5.69 Å². The van der Waals surface area contributed by atoms with Gasteiger partial charge >= 0.3 is 0 Å². The second-order valence-corrected chi connectivity index (χ2v) is 6.46. The molecule has 3 nitrogen and oxygen atoms in total. The molecule has 1 aromatic rings. The predicted molar refractivity (Wildman–Crippen MR) is 75.1 cm³/mol. The zero-order valence-electron chi connectivity index (χ0n) is 10.5. The van der Waals surface area contributed by atoms with E-state index in [9.17, 15) is 4.79 Å². The molecular weight excluding hydrogens is 244 g/mol. The molecule has 2 heterocycles. The summed E-state index contributed by atoms with van der Waals surface area (Å²) in [6.45, 7) is 3.08. The van der Waals surface area contributed by atoms with Crippen LogP contribution >= 0.6 is 11.8 Å². The third-order valence-corrected chi connectivity index (χ3v) is 4.80. The fraction of sp³-hybridized carbons (Fsp3) is 0.500. The van der Waals surface area contributed by atoms with Crippen molar-refractivity contribution in [2.45, 2.75) is 42.4 Å². The quantitative estimate of drug-likeness (QED) is 0.860. The number of hydrogen-bond donors (Lipinski definition) is 2.